The summed E-state index contributed by atoms with van der Waals surface area (Å²) in [7, 11) is -3.78. The highest BCUT2D eigenvalue weighted by Crippen LogP contribution is 2.37. The number of halogens is 1. The van der Waals surface area contributed by atoms with E-state index in [2.05, 4.69) is 0 Å². The third kappa shape index (κ3) is 2.49. The number of rotatable bonds is 2. The Balaban J connectivity index is 1.75. The molecule has 7 heteroatoms. The van der Waals surface area contributed by atoms with E-state index in [0.29, 0.717) is 43.4 Å². The Kier molecular flexibility index (Phi) is 3.60. The predicted molar refractivity (Wildman–Crippen MR) is 86.7 cm³/mol. The molecule has 2 heterocycles. The van der Waals surface area contributed by atoms with Crippen molar-refractivity contribution in [1.82, 2.24) is 0 Å². The Bertz CT molecular complexity index is 897. The summed E-state index contributed by atoms with van der Waals surface area (Å²) in [6.07, 6.45) is 1.31. The van der Waals surface area contributed by atoms with Crippen LogP contribution >= 0.6 is 0 Å². The van der Waals surface area contributed by atoms with Gasteiger partial charge in [0.25, 0.3) is 10.0 Å². The standard InChI is InChI=1S/C17H16FNO4S/c18-13-3-2-12-6-7-19(15(12)10-13)24(20,21)14-4-5-16-17(11-14)23-9-1-8-22-16/h2-5,10-11H,1,6-9H2. The van der Waals surface area contributed by atoms with Gasteiger partial charge < -0.3 is 9.47 Å². The molecule has 2 aromatic carbocycles. The van der Waals surface area contributed by atoms with Gasteiger partial charge >= 0.3 is 0 Å². The molecule has 4 rings (SSSR count). The smallest absolute Gasteiger partial charge is 0.264 e. The van der Waals surface area contributed by atoms with Crippen LogP contribution in [0.2, 0.25) is 0 Å². The summed E-state index contributed by atoms with van der Waals surface area (Å²) in [5, 5.41) is 0. The van der Waals surface area contributed by atoms with Crippen LogP contribution in [0.1, 0.15) is 12.0 Å². The molecule has 0 spiro atoms. The third-order valence-electron chi connectivity index (χ3n) is 4.21. The van der Waals surface area contributed by atoms with Gasteiger partial charge in [-0.2, -0.15) is 0 Å². The first kappa shape index (κ1) is 15.3. The van der Waals surface area contributed by atoms with Gasteiger partial charge in [-0.1, -0.05) is 6.07 Å². The third-order valence-corrected chi connectivity index (χ3v) is 6.02. The Labute approximate surface area is 139 Å². The van der Waals surface area contributed by atoms with Crippen molar-refractivity contribution in [3.8, 4) is 11.5 Å². The van der Waals surface area contributed by atoms with Gasteiger partial charge in [-0.25, -0.2) is 12.8 Å². The van der Waals surface area contributed by atoms with Crippen LogP contribution in [0.5, 0.6) is 11.5 Å². The summed E-state index contributed by atoms with van der Waals surface area (Å²) in [5.41, 5.74) is 1.23. The van der Waals surface area contributed by atoms with Crippen molar-refractivity contribution in [3.63, 3.8) is 0 Å². The molecule has 2 aromatic rings. The number of nitrogens with zero attached hydrogens (tertiary/aromatic N) is 1. The van der Waals surface area contributed by atoms with Crippen molar-refractivity contribution in [3.05, 3.63) is 47.8 Å². The molecule has 0 amide bonds. The lowest BCUT2D eigenvalue weighted by Gasteiger charge is -2.20. The fourth-order valence-electron chi connectivity index (χ4n) is 3.00. The van der Waals surface area contributed by atoms with Crippen LogP contribution in [0.3, 0.4) is 0 Å². The highest BCUT2D eigenvalue weighted by atomic mass is 32.2. The summed E-state index contributed by atoms with van der Waals surface area (Å²) < 4.78 is 51.9. The summed E-state index contributed by atoms with van der Waals surface area (Å²) >= 11 is 0. The molecular formula is C17H16FNO4S. The maximum atomic E-state index is 13.5. The zero-order valence-electron chi connectivity index (χ0n) is 12.9. The van der Waals surface area contributed by atoms with E-state index in [9.17, 15) is 12.8 Å². The molecule has 126 valence electrons. The summed E-state index contributed by atoms with van der Waals surface area (Å²) in [5.74, 6) is 0.515. The van der Waals surface area contributed by atoms with Gasteiger partial charge in [-0.05, 0) is 36.2 Å². The summed E-state index contributed by atoms with van der Waals surface area (Å²) in [6.45, 7) is 1.32. The molecule has 0 aromatic heterocycles. The SMILES string of the molecule is O=S(=O)(c1ccc2c(c1)OCCCO2)N1CCc2ccc(F)cc21. The minimum Gasteiger partial charge on any atom is -0.490 e. The van der Waals surface area contributed by atoms with Gasteiger partial charge in [0, 0.05) is 19.0 Å². The highest BCUT2D eigenvalue weighted by molar-refractivity contribution is 7.92. The fraction of sp³-hybridized carbons (Fsp3) is 0.294. The van der Waals surface area contributed by atoms with E-state index < -0.39 is 15.8 Å². The molecule has 2 aliphatic heterocycles. The average Bonchev–Trinajstić information content (AvgIpc) is 2.84. The van der Waals surface area contributed by atoms with Crippen LogP contribution in [0.25, 0.3) is 0 Å². The fourth-order valence-corrected chi connectivity index (χ4v) is 4.51. The molecule has 0 saturated carbocycles. The molecule has 0 saturated heterocycles. The van der Waals surface area contributed by atoms with Crippen LogP contribution in [-0.2, 0) is 16.4 Å². The van der Waals surface area contributed by atoms with Crippen LogP contribution in [0.15, 0.2) is 41.3 Å². The van der Waals surface area contributed by atoms with E-state index in [0.717, 1.165) is 12.0 Å². The number of benzene rings is 2. The quantitative estimate of drug-likeness (QED) is 0.837. The van der Waals surface area contributed by atoms with Crippen LogP contribution < -0.4 is 13.8 Å². The topological polar surface area (TPSA) is 55.8 Å². The second-order valence-electron chi connectivity index (χ2n) is 5.76. The minimum absolute atomic E-state index is 0.115. The lowest BCUT2D eigenvalue weighted by molar-refractivity contribution is 0.297. The normalized spacial score (nSPS) is 16.6. The monoisotopic (exact) mass is 349 g/mol. The first-order valence-electron chi connectivity index (χ1n) is 7.76. The van der Waals surface area contributed by atoms with E-state index in [1.54, 1.807) is 12.1 Å². The van der Waals surface area contributed by atoms with Gasteiger partial charge in [0.15, 0.2) is 11.5 Å². The van der Waals surface area contributed by atoms with E-state index in [4.69, 9.17) is 9.47 Å². The molecule has 24 heavy (non-hydrogen) atoms. The Morgan fingerprint density at radius 3 is 2.62 bits per heavy atom. The molecule has 0 unspecified atom stereocenters. The van der Waals surface area contributed by atoms with Crippen molar-refractivity contribution in [2.24, 2.45) is 0 Å². The largest absolute Gasteiger partial charge is 0.490 e. The highest BCUT2D eigenvalue weighted by Gasteiger charge is 2.32. The average molecular weight is 349 g/mol. The maximum absolute atomic E-state index is 13.5. The maximum Gasteiger partial charge on any atom is 0.264 e. The lowest BCUT2D eigenvalue weighted by atomic mass is 10.2. The van der Waals surface area contributed by atoms with Crippen molar-refractivity contribution in [1.29, 1.82) is 0 Å². The van der Waals surface area contributed by atoms with Crippen LogP contribution in [0.4, 0.5) is 10.1 Å². The van der Waals surface area contributed by atoms with Crippen LogP contribution in [-0.4, -0.2) is 28.2 Å². The van der Waals surface area contributed by atoms with E-state index >= 15 is 0 Å². The lowest BCUT2D eigenvalue weighted by Crippen LogP contribution is -2.29. The zero-order chi connectivity index (χ0) is 16.7. The molecule has 0 radical (unpaired) electrons. The summed E-state index contributed by atoms with van der Waals surface area (Å²) in [6, 6.07) is 8.84. The Morgan fingerprint density at radius 1 is 1.00 bits per heavy atom. The molecular weight excluding hydrogens is 333 g/mol. The van der Waals surface area contributed by atoms with Crippen molar-refractivity contribution in [2.45, 2.75) is 17.7 Å². The second-order valence-corrected chi connectivity index (χ2v) is 7.62. The van der Waals surface area contributed by atoms with Gasteiger partial charge in [0.05, 0.1) is 23.8 Å². The molecule has 0 atom stereocenters. The summed E-state index contributed by atoms with van der Waals surface area (Å²) in [4.78, 5) is 0.115. The minimum atomic E-state index is -3.78. The molecule has 0 N–H and O–H groups in total. The Morgan fingerprint density at radius 2 is 1.79 bits per heavy atom. The van der Waals surface area contributed by atoms with E-state index in [1.807, 2.05) is 0 Å². The van der Waals surface area contributed by atoms with Gasteiger partial charge in [0.1, 0.15) is 5.82 Å². The zero-order valence-corrected chi connectivity index (χ0v) is 13.7. The van der Waals surface area contributed by atoms with Crippen molar-refractivity contribution < 1.29 is 22.3 Å². The van der Waals surface area contributed by atoms with E-state index in [1.165, 1.54) is 28.6 Å². The predicted octanol–water partition coefficient (Wildman–Crippen LogP) is 2.74. The van der Waals surface area contributed by atoms with Crippen molar-refractivity contribution in [2.75, 3.05) is 24.1 Å². The van der Waals surface area contributed by atoms with Gasteiger partial charge in [0.2, 0.25) is 0 Å². The molecule has 5 nitrogen and oxygen atoms in total. The first-order valence-corrected chi connectivity index (χ1v) is 9.20. The molecule has 0 fully saturated rings. The number of anilines is 1. The molecule has 2 aliphatic rings. The van der Waals surface area contributed by atoms with Crippen LogP contribution in [0, 0.1) is 5.82 Å². The molecule has 0 bridgehead atoms. The number of ether oxygens (including phenoxy) is 2. The Hall–Kier alpha value is -2.28. The number of hydrogen-bond acceptors (Lipinski definition) is 4. The second kappa shape index (κ2) is 5.66. The van der Waals surface area contributed by atoms with Gasteiger partial charge in [-0.15, -0.1) is 0 Å². The van der Waals surface area contributed by atoms with Gasteiger partial charge in [-0.3, -0.25) is 4.31 Å². The van der Waals surface area contributed by atoms with E-state index in [-0.39, 0.29) is 4.90 Å². The number of hydrogen-bond donors (Lipinski definition) is 0. The van der Waals surface area contributed by atoms with Crippen molar-refractivity contribution >= 4 is 15.7 Å². The number of sulfonamides is 1. The first-order chi connectivity index (χ1) is 11.6. The number of fused-ring (bicyclic) bond motifs is 2. The molecule has 0 aliphatic carbocycles.